The summed E-state index contributed by atoms with van der Waals surface area (Å²) < 4.78 is 0.819. The van der Waals surface area contributed by atoms with Crippen LogP contribution in [0.5, 0.6) is 0 Å². The third kappa shape index (κ3) is 3.64. The number of halogens is 1. The molecule has 1 N–H and O–H groups in total. The SMILES string of the molecule is Cc1ccc(N(C)Cc2ccc(C(=O)O)cc2Br)c(C)c1. The Morgan fingerprint density at radius 1 is 1.19 bits per heavy atom. The van der Waals surface area contributed by atoms with E-state index in [1.807, 2.05) is 13.1 Å². The Balaban J connectivity index is 2.23. The molecule has 21 heavy (non-hydrogen) atoms. The van der Waals surface area contributed by atoms with Crippen molar-refractivity contribution in [2.45, 2.75) is 20.4 Å². The first-order valence-electron chi connectivity index (χ1n) is 6.68. The number of hydrogen-bond acceptors (Lipinski definition) is 2. The van der Waals surface area contributed by atoms with E-state index in [9.17, 15) is 4.79 Å². The molecule has 2 aromatic carbocycles. The summed E-state index contributed by atoms with van der Waals surface area (Å²) in [7, 11) is 2.04. The zero-order valence-electron chi connectivity index (χ0n) is 12.4. The smallest absolute Gasteiger partial charge is 0.335 e. The predicted molar refractivity (Wildman–Crippen MR) is 89.1 cm³/mol. The summed E-state index contributed by atoms with van der Waals surface area (Å²) in [6.45, 7) is 4.89. The third-order valence-electron chi connectivity index (χ3n) is 3.47. The van der Waals surface area contributed by atoms with E-state index in [-0.39, 0.29) is 0 Å². The molecule has 0 heterocycles. The number of carboxylic acids is 1. The van der Waals surface area contributed by atoms with Gasteiger partial charge in [-0.15, -0.1) is 0 Å². The number of carbonyl (C=O) groups is 1. The number of aromatic carboxylic acids is 1. The van der Waals surface area contributed by atoms with E-state index in [0.717, 1.165) is 10.0 Å². The van der Waals surface area contributed by atoms with Crippen LogP contribution in [0.1, 0.15) is 27.0 Å². The highest BCUT2D eigenvalue weighted by Gasteiger charge is 2.10. The highest BCUT2D eigenvalue weighted by molar-refractivity contribution is 9.10. The maximum absolute atomic E-state index is 11.0. The van der Waals surface area contributed by atoms with Crippen molar-refractivity contribution >= 4 is 27.6 Å². The van der Waals surface area contributed by atoms with Crippen molar-refractivity contribution in [1.82, 2.24) is 0 Å². The molecule has 4 heteroatoms. The predicted octanol–water partition coefficient (Wildman–Crippen LogP) is 4.40. The summed E-state index contributed by atoms with van der Waals surface area (Å²) in [6.07, 6.45) is 0. The lowest BCUT2D eigenvalue weighted by molar-refractivity contribution is 0.0697. The zero-order valence-corrected chi connectivity index (χ0v) is 13.9. The maximum atomic E-state index is 11.0. The topological polar surface area (TPSA) is 40.5 Å². The molecule has 0 atom stereocenters. The second-order valence-corrected chi connectivity index (χ2v) is 6.11. The molecule has 2 aromatic rings. The summed E-state index contributed by atoms with van der Waals surface area (Å²) >= 11 is 3.46. The molecule has 0 aliphatic heterocycles. The molecular formula is C17H18BrNO2. The minimum atomic E-state index is -0.912. The molecule has 0 unspecified atom stereocenters. The lowest BCUT2D eigenvalue weighted by Crippen LogP contribution is -2.18. The van der Waals surface area contributed by atoms with E-state index < -0.39 is 5.97 Å². The normalized spacial score (nSPS) is 10.5. The van der Waals surface area contributed by atoms with Gasteiger partial charge in [0.1, 0.15) is 0 Å². The van der Waals surface area contributed by atoms with Crippen molar-refractivity contribution in [1.29, 1.82) is 0 Å². The molecule has 0 aliphatic carbocycles. The zero-order chi connectivity index (χ0) is 15.6. The van der Waals surface area contributed by atoms with Gasteiger partial charge in [-0.25, -0.2) is 4.79 Å². The average molecular weight is 348 g/mol. The summed E-state index contributed by atoms with van der Waals surface area (Å²) in [5.74, 6) is -0.912. The van der Waals surface area contributed by atoms with E-state index >= 15 is 0 Å². The van der Waals surface area contributed by atoms with Crippen molar-refractivity contribution in [2.24, 2.45) is 0 Å². The van der Waals surface area contributed by atoms with Crippen LogP contribution >= 0.6 is 15.9 Å². The van der Waals surface area contributed by atoms with E-state index in [1.54, 1.807) is 12.1 Å². The van der Waals surface area contributed by atoms with Crippen molar-refractivity contribution < 1.29 is 9.90 Å². The van der Waals surface area contributed by atoms with Crippen molar-refractivity contribution in [3.8, 4) is 0 Å². The minimum absolute atomic E-state index is 0.291. The number of carboxylic acid groups (broad SMARTS) is 1. The van der Waals surface area contributed by atoms with Gasteiger partial charge in [0.05, 0.1) is 5.56 Å². The van der Waals surface area contributed by atoms with Crippen LogP contribution in [0.2, 0.25) is 0 Å². The second-order valence-electron chi connectivity index (χ2n) is 5.26. The Morgan fingerprint density at radius 3 is 2.48 bits per heavy atom. The molecule has 0 radical (unpaired) electrons. The van der Waals surface area contributed by atoms with Crippen molar-refractivity contribution in [2.75, 3.05) is 11.9 Å². The maximum Gasteiger partial charge on any atom is 0.335 e. The third-order valence-corrected chi connectivity index (χ3v) is 4.21. The van der Waals surface area contributed by atoms with Gasteiger partial charge in [-0.1, -0.05) is 39.7 Å². The summed E-state index contributed by atoms with van der Waals surface area (Å²) in [4.78, 5) is 13.1. The van der Waals surface area contributed by atoms with Crippen molar-refractivity contribution in [3.05, 3.63) is 63.1 Å². The Bertz CT molecular complexity index is 682. The van der Waals surface area contributed by atoms with E-state index in [1.165, 1.54) is 16.8 Å². The number of benzene rings is 2. The van der Waals surface area contributed by atoms with Gasteiger partial charge in [-0.3, -0.25) is 0 Å². The van der Waals surface area contributed by atoms with Gasteiger partial charge in [0, 0.05) is 23.8 Å². The molecule has 110 valence electrons. The van der Waals surface area contributed by atoms with Crippen LogP contribution in [0.15, 0.2) is 40.9 Å². The molecular weight excluding hydrogens is 330 g/mol. The molecule has 0 saturated carbocycles. The van der Waals surface area contributed by atoms with Crippen LogP contribution in [0.3, 0.4) is 0 Å². The van der Waals surface area contributed by atoms with Gasteiger partial charge in [0.15, 0.2) is 0 Å². The number of aryl methyl sites for hydroxylation is 2. The summed E-state index contributed by atoms with van der Waals surface area (Å²) in [6, 6.07) is 11.5. The Labute approximate surface area is 133 Å². The highest BCUT2D eigenvalue weighted by atomic mass is 79.9. The fourth-order valence-corrected chi connectivity index (χ4v) is 2.89. The van der Waals surface area contributed by atoms with E-state index in [4.69, 9.17) is 5.11 Å². The van der Waals surface area contributed by atoms with Crippen LogP contribution < -0.4 is 4.90 Å². The molecule has 3 nitrogen and oxygen atoms in total. The van der Waals surface area contributed by atoms with Crippen LogP contribution in [-0.2, 0) is 6.54 Å². The van der Waals surface area contributed by atoms with Crippen LogP contribution in [0.25, 0.3) is 0 Å². The average Bonchev–Trinajstić information content (AvgIpc) is 2.40. The molecule has 0 spiro atoms. The van der Waals surface area contributed by atoms with Gasteiger partial charge in [0.2, 0.25) is 0 Å². The first-order valence-corrected chi connectivity index (χ1v) is 7.48. The lowest BCUT2D eigenvalue weighted by Gasteiger charge is -2.22. The van der Waals surface area contributed by atoms with E-state index in [2.05, 4.69) is 52.9 Å². The number of hydrogen-bond donors (Lipinski definition) is 1. The number of rotatable bonds is 4. The van der Waals surface area contributed by atoms with Gasteiger partial charge in [0.25, 0.3) is 0 Å². The van der Waals surface area contributed by atoms with Gasteiger partial charge < -0.3 is 10.0 Å². The second kappa shape index (κ2) is 6.31. The van der Waals surface area contributed by atoms with E-state index in [0.29, 0.717) is 12.1 Å². The summed E-state index contributed by atoms with van der Waals surface area (Å²) in [5, 5.41) is 8.99. The molecule has 0 aromatic heterocycles. The standard InChI is InChI=1S/C17H18BrNO2/c1-11-4-7-16(12(2)8-11)19(3)10-14-6-5-13(17(20)21)9-15(14)18/h4-9H,10H2,1-3H3,(H,20,21). The quantitative estimate of drug-likeness (QED) is 0.890. The molecule has 0 saturated heterocycles. The summed E-state index contributed by atoms with van der Waals surface area (Å²) in [5.41, 5.74) is 5.00. The lowest BCUT2D eigenvalue weighted by atomic mass is 10.1. The molecule has 0 aliphatic rings. The molecule has 2 rings (SSSR count). The first kappa shape index (κ1) is 15.6. The fourth-order valence-electron chi connectivity index (χ4n) is 2.38. The molecule has 0 amide bonds. The molecule has 0 fully saturated rings. The highest BCUT2D eigenvalue weighted by Crippen LogP contribution is 2.25. The van der Waals surface area contributed by atoms with Crippen LogP contribution in [0.4, 0.5) is 5.69 Å². The van der Waals surface area contributed by atoms with Gasteiger partial charge >= 0.3 is 5.97 Å². The Morgan fingerprint density at radius 2 is 1.90 bits per heavy atom. The monoisotopic (exact) mass is 347 g/mol. The van der Waals surface area contributed by atoms with Gasteiger partial charge in [-0.2, -0.15) is 0 Å². The van der Waals surface area contributed by atoms with Crippen LogP contribution in [-0.4, -0.2) is 18.1 Å². The van der Waals surface area contributed by atoms with Crippen molar-refractivity contribution in [3.63, 3.8) is 0 Å². The largest absolute Gasteiger partial charge is 0.478 e. The first-order chi connectivity index (χ1) is 9.88. The number of anilines is 1. The Hall–Kier alpha value is -1.81. The number of nitrogens with zero attached hydrogens (tertiary/aromatic N) is 1. The Kier molecular flexibility index (Phi) is 4.68. The molecule has 0 bridgehead atoms. The van der Waals surface area contributed by atoms with Crippen LogP contribution in [0, 0.1) is 13.8 Å². The fraction of sp³-hybridized carbons (Fsp3) is 0.235. The minimum Gasteiger partial charge on any atom is -0.478 e. The van der Waals surface area contributed by atoms with Gasteiger partial charge in [-0.05, 0) is 43.2 Å².